The molecule has 2 amide bonds. The van der Waals surface area contributed by atoms with Crippen LogP contribution in [0, 0.1) is 0 Å². The predicted octanol–water partition coefficient (Wildman–Crippen LogP) is 2.34. The summed E-state index contributed by atoms with van der Waals surface area (Å²) < 4.78 is 14.7. The quantitative estimate of drug-likeness (QED) is 0.366. The topological polar surface area (TPSA) is 126 Å². The first kappa shape index (κ1) is 22.9. The number of amides is 2. The van der Waals surface area contributed by atoms with Gasteiger partial charge in [-0.15, -0.1) is 0 Å². The number of hydrogen-bond acceptors (Lipinski definition) is 6. The molecule has 0 saturated heterocycles. The largest absolute Gasteiger partial charge is 0.380 e. The van der Waals surface area contributed by atoms with Crippen molar-refractivity contribution in [2.24, 2.45) is 0 Å². The van der Waals surface area contributed by atoms with Crippen LogP contribution in [-0.2, 0) is 11.0 Å². The zero-order valence-corrected chi connectivity index (χ0v) is 19.7. The van der Waals surface area contributed by atoms with Crippen LogP contribution in [0.1, 0.15) is 51.2 Å². The Bertz CT molecular complexity index is 1450. The van der Waals surface area contributed by atoms with E-state index in [1.54, 1.807) is 34.4 Å². The molecule has 4 aromatic rings. The summed E-state index contributed by atoms with van der Waals surface area (Å²) in [5.41, 5.74) is 1.25. The maximum atomic E-state index is 13.1. The highest BCUT2D eigenvalue weighted by Gasteiger charge is 2.26. The normalized spacial score (nSPS) is 14.9. The third-order valence-corrected chi connectivity index (χ3v) is 7.11. The van der Waals surface area contributed by atoms with Crippen LogP contribution in [0.15, 0.2) is 71.9 Å². The second kappa shape index (κ2) is 9.40. The van der Waals surface area contributed by atoms with Gasteiger partial charge in [0.15, 0.2) is 11.0 Å². The van der Waals surface area contributed by atoms with Crippen molar-refractivity contribution in [1.29, 1.82) is 0 Å². The van der Waals surface area contributed by atoms with Gasteiger partial charge in [0.2, 0.25) is 0 Å². The predicted molar refractivity (Wildman–Crippen MR) is 130 cm³/mol. The molecule has 2 atom stereocenters. The van der Waals surface area contributed by atoms with Crippen molar-refractivity contribution < 1.29 is 18.9 Å². The minimum Gasteiger partial charge on any atom is -0.380 e. The highest BCUT2D eigenvalue weighted by atomic mass is 32.2. The molecule has 0 bridgehead atoms. The molecule has 0 aliphatic heterocycles. The number of benzene rings is 1. The molecule has 1 fully saturated rings. The second-order valence-electron chi connectivity index (χ2n) is 8.23. The highest BCUT2D eigenvalue weighted by molar-refractivity contribution is 7.83. The summed E-state index contributed by atoms with van der Waals surface area (Å²) in [6, 6.07) is 15.5. The summed E-state index contributed by atoms with van der Waals surface area (Å²) in [4.78, 5) is 34.3. The van der Waals surface area contributed by atoms with Gasteiger partial charge in [0.1, 0.15) is 11.8 Å². The average Bonchev–Trinajstić information content (AvgIpc) is 3.61. The van der Waals surface area contributed by atoms with Crippen LogP contribution in [0.4, 0.5) is 0 Å². The highest BCUT2D eigenvalue weighted by Crippen LogP contribution is 2.29. The summed E-state index contributed by atoms with van der Waals surface area (Å²) in [7, 11) is -0.0242. The number of nitrogens with one attached hydrogen (secondary N) is 2. The number of aromatic nitrogens is 3. The van der Waals surface area contributed by atoms with E-state index in [0.717, 1.165) is 12.8 Å². The fourth-order valence-electron chi connectivity index (χ4n) is 3.78. The van der Waals surface area contributed by atoms with Crippen LogP contribution in [-0.4, -0.2) is 48.2 Å². The lowest BCUT2D eigenvalue weighted by atomic mass is 10.0. The molecule has 178 valence electrons. The van der Waals surface area contributed by atoms with Crippen molar-refractivity contribution in [2.45, 2.75) is 29.9 Å². The molecule has 10 heteroatoms. The lowest BCUT2D eigenvalue weighted by molar-refractivity contribution is 0.0950. The van der Waals surface area contributed by atoms with Gasteiger partial charge in [-0.25, -0.2) is 9.19 Å². The summed E-state index contributed by atoms with van der Waals surface area (Å²) in [6.45, 7) is 0. The summed E-state index contributed by atoms with van der Waals surface area (Å²) in [5, 5.41) is 17.2. The van der Waals surface area contributed by atoms with Crippen LogP contribution in [0.25, 0.3) is 10.9 Å². The van der Waals surface area contributed by atoms with E-state index in [1.165, 1.54) is 25.4 Å². The molecule has 35 heavy (non-hydrogen) atoms. The first-order valence-electron chi connectivity index (χ1n) is 11.1. The third kappa shape index (κ3) is 4.58. The second-order valence-corrected chi connectivity index (χ2v) is 9.59. The van der Waals surface area contributed by atoms with Crippen LogP contribution < -0.4 is 10.6 Å². The zero-order valence-electron chi connectivity index (χ0n) is 18.8. The maximum absolute atomic E-state index is 13.1. The Hall–Kier alpha value is -3.89. The van der Waals surface area contributed by atoms with Gasteiger partial charge in [-0.3, -0.25) is 18.5 Å². The Morgan fingerprint density at radius 1 is 1.11 bits per heavy atom. The number of carbonyl (C=O) groups is 2. The molecular formula is C25H23N5O4S. The number of carbonyl (C=O) groups excluding carboxylic acids is 2. The maximum Gasteiger partial charge on any atom is 0.269 e. The van der Waals surface area contributed by atoms with E-state index in [-0.39, 0.29) is 34.6 Å². The van der Waals surface area contributed by atoms with E-state index in [1.807, 2.05) is 18.2 Å². The van der Waals surface area contributed by atoms with E-state index < -0.39 is 23.0 Å². The van der Waals surface area contributed by atoms with Gasteiger partial charge in [-0.05, 0) is 49.2 Å². The number of hydrogen-bond donors (Lipinski definition) is 3. The molecule has 1 aliphatic carbocycles. The van der Waals surface area contributed by atoms with Crippen LogP contribution >= 0.6 is 0 Å². The monoisotopic (exact) mass is 489 g/mol. The lowest BCUT2D eigenvalue weighted by Crippen LogP contribution is -2.27. The first-order chi connectivity index (χ1) is 17.0. The molecule has 2 unspecified atom stereocenters. The Morgan fingerprint density at radius 3 is 2.60 bits per heavy atom. The van der Waals surface area contributed by atoms with E-state index in [9.17, 15) is 18.9 Å². The standard InChI is InChI=1S/C25H23N5O4S/c1-26-25(33)20-14-15(24(32)28-16-7-8-16)13-19(29-20)23(31)22-18-10-12-30(21(18)9-11-27-22)35(34)17-5-3-2-4-6-17/h2-6,9-14,16,23,31H,7-8H2,1H3,(H,26,33)(H,28,32). The van der Waals surface area contributed by atoms with Crippen LogP contribution in [0.2, 0.25) is 0 Å². The Kier molecular flexibility index (Phi) is 6.14. The molecule has 3 aromatic heterocycles. The Morgan fingerprint density at radius 2 is 1.89 bits per heavy atom. The fourth-order valence-corrected chi connectivity index (χ4v) is 4.91. The smallest absolute Gasteiger partial charge is 0.269 e. The summed E-state index contributed by atoms with van der Waals surface area (Å²) >= 11 is 0. The van der Waals surface area contributed by atoms with Gasteiger partial charge < -0.3 is 15.7 Å². The van der Waals surface area contributed by atoms with Crippen molar-refractivity contribution >= 4 is 33.7 Å². The number of pyridine rings is 2. The number of nitrogens with zero attached hydrogens (tertiary/aromatic N) is 3. The Balaban J connectivity index is 1.55. The molecule has 3 N–H and O–H groups in total. The van der Waals surface area contributed by atoms with Gasteiger partial charge in [0.05, 0.1) is 21.8 Å². The van der Waals surface area contributed by atoms with Crippen molar-refractivity contribution in [3.05, 3.63) is 89.6 Å². The number of aliphatic hydroxyl groups is 1. The molecule has 0 spiro atoms. The molecular weight excluding hydrogens is 466 g/mol. The summed E-state index contributed by atoms with van der Waals surface area (Å²) in [6.07, 6.45) is 3.71. The van der Waals surface area contributed by atoms with Gasteiger partial charge in [-0.1, -0.05) is 18.2 Å². The van der Waals surface area contributed by atoms with Crippen molar-refractivity contribution in [3.8, 4) is 0 Å². The van der Waals surface area contributed by atoms with Gasteiger partial charge >= 0.3 is 0 Å². The van der Waals surface area contributed by atoms with Gasteiger partial charge in [-0.2, -0.15) is 0 Å². The summed E-state index contributed by atoms with van der Waals surface area (Å²) in [5.74, 6) is -0.806. The van der Waals surface area contributed by atoms with Gasteiger partial charge in [0.25, 0.3) is 11.8 Å². The molecule has 9 nitrogen and oxygen atoms in total. The van der Waals surface area contributed by atoms with E-state index >= 15 is 0 Å². The van der Waals surface area contributed by atoms with E-state index in [4.69, 9.17) is 0 Å². The van der Waals surface area contributed by atoms with Gasteiger partial charge in [0, 0.05) is 36.4 Å². The van der Waals surface area contributed by atoms with Crippen molar-refractivity contribution in [2.75, 3.05) is 7.05 Å². The molecule has 1 aromatic carbocycles. The SMILES string of the molecule is CNC(=O)c1cc(C(=O)NC2CC2)cc(C(O)c2nccc3c2ccn3S(=O)c2ccccc2)n1. The number of fused-ring (bicyclic) bond motifs is 1. The third-order valence-electron chi connectivity index (χ3n) is 5.75. The molecule has 3 heterocycles. The Labute approximate surface area is 203 Å². The zero-order chi connectivity index (χ0) is 24.5. The first-order valence-corrected chi connectivity index (χ1v) is 12.2. The number of rotatable bonds is 7. The number of aliphatic hydroxyl groups excluding tert-OH is 1. The van der Waals surface area contributed by atoms with Crippen molar-refractivity contribution in [1.82, 2.24) is 24.6 Å². The minimum atomic E-state index is -1.49. The molecule has 5 rings (SSSR count). The lowest BCUT2D eigenvalue weighted by Gasteiger charge is -2.14. The van der Waals surface area contributed by atoms with Crippen molar-refractivity contribution in [3.63, 3.8) is 0 Å². The van der Waals surface area contributed by atoms with E-state index in [0.29, 0.717) is 15.8 Å². The van der Waals surface area contributed by atoms with E-state index in [2.05, 4.69) is 20.6 Å². The molecule has 1 aliphatic rings. The van der Waals surface area contributed by atoms with Crippen LogP contribution in [0.3, 0.4) is 0 Å². The minimum absolute atomic E-state index is 0.0138. The molecule has 1 saturated carbocycles. The molecule has 0 radical (unpaired) electrons. The van der Waals surface area contributed by atoms with Crippen LogP contribution in [0.5, 0.6) is 0 Å². The average molecular weight is 490 g/mol. The fraction of sp³-hybridized carbons (Fsp3) is 0.200.